The lowest BCUT2D eigenvalue weighted by atomic mass is 9.96. The molecule has 0 aromatic heterocycles. The third-order valence-corrected chi connectivity index (χ3v) is 4.53. The van der Waals surface area contributed by atoms with Gasteiger partial charge in [0.05, 0.1) is 13.2 Å². The molecule has 1 aromatic carbocycles. The fraction of sp³-hybridized carbons (Fsp3) is 0.636. The molecule has 1 aromatic rings. The molecule has 1 fully saturated rings. The lowest BCUT2D eigenvalue weighted by Gasteiger charge is -2.18. The van der Waals surface area contributed by atoms with Crippen molar-refractivity contribution in [3.05, 3.63) is 29.3 Å². The summed E-state index contributed by atoms with van der Waals surface area (Å²) < 4.78 is 6.03. The number of ether oxygens (including phenoxy) is 1. The van der Waals surface area contributed by atoms with E-state index in [1.165, 1.54) is 18.4 Å². The Kier molecular flexibility index (Phi) is 8.15. The Morgan fingerprint density at radius 1 is 1.18 bits per heavy atom. The monoisotopic (exact) mass is 388 g/mol. The molecule has 0 heterocycles. The molecule has 2 rings (SSSR count). The topological polar surface area (TPSA) is 74.8 Å². The molecule has 3 N–H and O–H groups in total. The van der Waals surface area contributed by atoms with Crippen LogP contribution < -0.4 is 20.7 Å². The molecule has 0 atom stereocenters. The first-order valence-corrected chi connectivity index (χ1v) is 10.3. The zero-order valence-corrected chi connectivity index (χ0v) is 18.0. The molecule has 6 nitrogen and oxygen atoms in total. The van der Waals surface area contributed by atoms with Crippen molar-refractivity contribution in [2.75, 3.05) is 26.2 Å². The molecular weight excluding hydrogens is 352 g/mol. The number of carbonyl (C=O) groups is 1. The van der Waals surface area contributed by atoms with Crippen LogP contribution in [0.2, 0.25) is 0 Å². The van der Waals surface area contributed by atoms with Gasteiger partial charge in [0.2, 0.25) is 5.91 Å². The number of guanidine groups is 1. The van der Waals surface area contributed by atoms with E-state index in [0.717, 1.165) is 36.3 Å². The predicted octanol–water partition coefficient (Wildman–Crippen LogP) is 3.00. The summed E-state index contributed by atoms with van der Waals surface area (Å²) in [5.41, 5.74) is 1.91. The second-order valence-corrected chi connectivity index (χ2v) is 8.49. The summed E-state index contributed by atoms with van der Waals surface area (Å²) in [6.07, 6.45) is 2.55. The van der Waals surface area contributed by atoms with Gasteiger partial charge in [-0.15, -0.1) is 0 Å². The van der Waals surface area contributed by atoms with Crippen molar-refractivity contribution in [1.82, 2.24) is 16.0 Å². The third-order valence-electron chi connectivity index (χ3n) is 4.53. The van der Waals surface area contributed by atoms with Crippen LogP contribution in [0.1, 0.15) is 51.7 Å². The molecule has 0 unspecified atom stereocenters. The van der Waals surface area contributed by atoms with Crippen molar-refractivity contribution in [2.24, 2.45) is 16.3 Å². The number of hydrogen-bond donors (Lipinski definition) is 3. The van der Waals surface area contributed by atoms with Crippen LogP contribution in [0.15, 0.2) is 23.2 Å². The van der Waals surface area contributed by atoms with Crippen molar-refractivity contribution >= 4 is 11.9 Å². The number of nitrogens with zero attached hydrogens (tertiary/aromatic N) is 1. The average Bonchev–Trinajstić information content (AvgIpc) is 3.45. The minimum Gasteiger partial charge on any atom is -0.493 e. The van der Waals surface area contributed by atoms with E-state index in [4.69, 9.17) is 4.74 Å². The molecule has 0 bridgehead atoms. The van der Waals surface area contributed by atoms with Crippen LogP contribution in [0.3, 0.4) is 0 Å². The molecule has 1 saturated carbocycles. The summed E-state index contributed by atoms with van der Waals surface area (Å²) in [6, 6.07) is 6.28. The number of hydrogen-bond acceptors (Lipinski definition) is 3. The third kappa shape index (κ3) is 7.79. The molecule has 28 heavy (non-hydrogen) atoms. The van der Waals surface area contributed by atoms with Crippen LogP contribution in [0, 0.1) is 18.3 Å². The summed E-state index contributed by atoms with van der Waals surface area (Å²) in [4.78, 5) is 16.6. The smallest absolute Gasteiger partial charge is 0.225 e. The molecular formula is C22H36N4O2. The number of nitrogens with one attached hydrogen (secondary N) is 3. The molecule has 1 aliphatic rings. The molecule has 1 amide bonds. The van der Waals surface area contributed by atoms with Gasteiger partial charge in [-0.1, -0.05) is 32.9 Å². The van der Waals surface area contributed by atoms with Gasteiger partial charge in [-0.3, -0.25) is 4.79 Å². The van der Waals surface area contributed by atoms with Crippen LogP contribution in [-0.2, 0) is 11.3 Å². The lowest BCUT2D eigenvalue weighted by molar-refractivity contribution is -0.128. The Labute approximate surface area is 169 Å². The Bertz CT molecular complexity index is 676. The van der Waals surface area contributed by atoms with Gasteiger partial charge in [-0.25, -0.2) is 4.99 Å². The molecule has 6 heteroatoms. The van der Waals surface area contributed by atoms with E-state index in [1.807, 2.05) is 27.7 Å². The Morgan fingerprint density at radius 2 is 1.89 bits per heavy atom. The number of rotatable bonds is 9. The Hall–Kier alpha value is -2.24. The van der Waals surface area contributed by atoms with Gasteiger partial charge in [0.15, 0.2) is 5.96 Å². The second-order valence-electron chi connectivity index (χ2n) is 8.49. The average molecular weight is 389 g/mol. The van der Waals surface area contributed by atoms with Crippen LogP contribution in [-0.4, -0.2) is 38.1 Å². The number of aryl methyl sites for hydroxylation is 1. The van der Waals surface area contributed by atoms with Gasteiger partial charge in [-0.2, -0.15) is 0 Å². The van der Waals surface area contributed by atoms with Crippen LogP contribution >= 0.6 is 0 Å². The lowest BCUT2D eigenvalue weighted by Crippen LogP contribution is -2.43. The number of benzene rings is 1. The maximum absolute atomic E-state index is 11.9. The quantitative estimate of drug-likeness (QED) is 0.345. The normalized spacial score (nSPS) is 14.5. The van der Waals surface area contributed by atoms with Crippen LogP contribution in [0.4, 0.5) is 0 Å². The molecule has 0 saturated heterocycles. The van der Waals surface area contributed by atoms with Crippen LogP contribution in [0.5, 0.6) is 5.75 Å². The van der Waals surface area contributed by atoms with E-state index in [1.54, 1.807) is 0 Å². The van der Waals surface area contributed by atoms with Crippen molar-refractivity contribution in [2.45, 2.75) is 54.0 Å². The van der Waals surface area contributed by atoms with Crippen molar-refractivity contribution in [1.29, 1.82) is 0 Å². The van der Waals surface area contributed by atoms with Crippen molar-refractivity contribution in [3.8, 4) is 5.75 Å². The first-order chi connectivity index (χ1) is 13.3. The molecule has 156 valence electrons. The molecule has 1 aliphatic carbocycles. The zero-order valence-electron chi connectivity index (χ0n) is 18.0. The largest absolute Gasteiger partial charge is 0.493 e. The van der Waals surface area contributed by atoms with Gasteiger partial charge in [0, 0.05) is 30.6 Å². The molecule has 0 spiro atoms. The van der Waals surface area contributed by atoms with Gasteiger partial charge < -0.3 is 20.7 Å². The van der Waals surface area contributed by atoms with Gasteiger partial charge >= 0.3 is 0 Å². The van der Waals surface area contributed by atoms with E-state index in [-0.39, 0.29) is 11.3 Å². The SMILES string of the molecule is CCNC(=NCc1ccc(C)cc1OCC1CC1)NCCNC(=O)C(C)(C)C. The second kappa shape index (κ2) is 10.3. The van der Waals surface area contributed by atoms with Crippen molar-refractivity contribution < 1.29 is 9.53 Å². The zero-order chi connectivity index (χ0) is 20.6. The Morgan fingerprint density at radius 3 is 2.54 bits per heavy atom. The summed E-state index contributed by atoms with van der Waals surface area (Å²) in [5, 5.41) is 9.46. The Balaban J connectivity index is 1.89. The van der Waals surface area contributed by atoms with Crippen molar-refractivity contribution in [3.63, 3.8) is 0 Å². The van der Waals surface area contributed by atoms with Gasteiger partial charge in [-0.05, 0) is 44.2 Å². The van der Waals surface area contributed by atoms with E-state index < -0.39 is 0 Å². The predicted molar refractivity (Wildman–Crippen MR) is 115 cm³/mol. The summed E-state index contributed by atoms with van der Waals surface area (Å²) in [7, 11) is 0. The highest BCUT2D eigenvalue weighted by molar-refractivity contribution is 5.81. The number of aliphatic imine (C=N–C) groups is 1. The maximum Gasteiger partial charge on any atom is 0.225 e. The van der Waals surface area contributed by atoms with Gasteiger partial charge in [0.25, 0.3) is 0 Å². The minimum atomic E-state index is -0.374. The summed E-state index contributed by atoms with van der Waals surface area (Å²) in [6.45, 7) is 13.1. The highest BCUT2D eigenvalue weighted by Gasteiger charge is 2.22. The first-order valence-electron chi connectivity index (χ1n) is 10.3. The maximum atomic E-state index is 11.9. The van der Waals surface area contributed by atoms with Gasteiger partial charge in [0.1, 0.15) is 5.75 Å². The summed E-state index contributed by atoms with van der Waals surface area (Å²) in [5.74, 6) is 2.44. The molecule has 0 radical (unpaired) electrons. The van der Waals surface area contributed by atoms with E-state index >= 15 is 0 Å². The van der Waals surface area contributed by atoms with E-state index in [2.05, 4.69) is 46.1 Å². The fourth-order valence-corrected chi connectivity index (χ4v) is 2.55. The number of carbonyl (C=O) groups excluding carboxylic acids is 1. The fourth-order valence-electron chi connectivity index (χ4n) is 2.55. The van der Waals surface area contributed by atoms with Crippen LogP contribution in [0.25, 0.3) is 0 Å². The highest BCUT2D eigenvalue weighted by Crippen LogP contribution is 2.30. The molecule has 0 aliphatic heterocycles. The number of amides is 1. The minimum absolute atomic E-state index is 0.0494. The standard InChI is InChI=1S/C22H36N4O2/c1-6-23-21(25-12-11-24-20(27)22(3,4)5)26-14-18-10-7-16(2)13-19(18)28-15-17-8-9-17/h7,10,13,17H,6,8-9,11-12,14-15H2,1-5H3,(H,24,27)(H2,23,25,26). The highest BCUT2D eigenvalue weighted by atomic mass is 16.5. The summed E-state index contributed by atoms with van der Waals surface area (Å²) >= 11 is 0. The van der Waals surface area contributed by atoms with E-state index in [0.29, 0.717) is 19.6 Å². The van der Waals surface area contributed by atoms with E-state index in [9.17, 15) is 4.79 Å². The first kappa shape index (κ1) is 22.1.